The highest BCUT2D eigenvalue weighted by molar-refractivity contribution is 7.89. The number of piperidine rings is 1. The van der Waals surface area contributed by atoms with Crippen molar-refractivity contribution >= 4 is 16.0 Å². The maximum atomic E-state index is 13.6. The number of aliphatic imine (C=N–C) groups is 1. The summed E-state index contributed by atoms with van der Waals surface area (Å²) >= 11 is 0. The predicted molar refractivity (Wildman–Crippen MR) is 105 cm³/mol. The molecule has 1 heterocycles. The molecule has 152 valence electrons. The summed E-state index contributed by atoms with van der Waals surface area (Å²) in [4.78, 5) is 4.20. The molecular weight excluding hydrogens is 371 g/mol. The van der Waals surface area contributed by atoms with Gasteiger partial charge in [0, 0.05) is 26.2 Å². The first-order valence-corrected chi connectivity index (χ1v) is 10.8. The van der Waals surface area contributed by atoms with E-state index in [1.807, 2.05) is 6.92 Å². The molecule has 1 unspecified atom stereocenters. The molecule has 9 heteroatoms. The van der Waals surface area contributed by atoms with E-state index < -0.39 is 10.0 Å². The van der Waals surface area contributed by atoms with E-state index in [1.165, 1.54) is 6.07 Å². The van der Waals surface area contributed by atoms with E-state index in [0.717, 1.165) is 12.8 Å². The van der Waals surface area contributed by atoms with Crippen LogP contribution in [-0.4, -0.2) is 63.3 Å². The Bertz CT molecular complexity index is 734. The summed E-state index contributed by atoms with van der Waals surface area (Å²) < 4.78 is 44.6. The van der Waals surface area contributed by atoms with E-state index >= 15 is 0 Å². The summed E-state index contributed by atoms with van der Waals surface area (Å²) in [5.74, 6) is 0.587. The summed E-state index contributed by atoms with van der Waals surface area (Å²) in [6.07, 6.45) is 1.19. The van der Waals surface area contributed by atoms with Crippen LogP contribution in [0.4, 0.5) is 4.39 Å². The minimum atomic E-state index is -3.12. The Morgan fingerprint density at radius 1 is 1.37 bits per heavy atom. The number of nitrogens with zero attached hydrogens (tertiary/aromatic N) is 2. The van der Waals surface area contributed by atoms with Gasteiger partial charge < -0.3 is 15.4 Å². The molecular formula is C18H29FN4O3S. The second-order valence-electron chi connectivity index (χ2n) is 6.53. The van der Waals surface area contributed by atoms with Crippen LogP contribution in [-0.2, 0) is 10.0 Å². The minimum absolute atomic E-state index is 0.133. The fraction of sp³-hybridized carbons (Fsp3) is 0.611. The van der Waals surface area contributed by atoms with E-state index in [4.69, 9.17) is 4.74 Å². The van der Waals surface area contributed by atoms with E-state index in [2.05, 4.69) is 15.6 Å². The molecule has 27 heavy (non-hydrogen) atoms. The number of hydrogen-bond acceptors (Lipinski definition) is 4. The van der Waals surface area contributed by atoms with Gasteiger partial charge in [-0.15, -0.1) is 0 Å². The third-order valence-electron chi connectivity index (χ3n) is 4.50. The molecule has 1 aromatic carbocycles. The van der Waals surface area contributed by atoms with Crippen molar-refractivity contribution in [3.05, 3.63) is 30.1 Å². The van der Waals surface area contributed by atoms with Crippen LogP contribution in [0.1, 0.15) is 26.7 Å². The summed E-state index contributed by atoms with van der Waals surface area (Å²) in [7, 11) is -1.45. The molecule has 0 amide bonds. The minimum Gasteiger partial charge on any atom is -0.486 e. The van der Waals surface area contributed by atoms with Gasteiger partial charge in [0.15, 0.2) is 17.5 Å². The molecule has 2 rings (SSSR count). The van der Waals surface area contributed by atoms with Gasteiger partial charge in [-0.2, -0.15) is 0 Å². The topological polar surface area (TPSA) is 83.0 Å². The summed E-state index contributed by atoms with van der Waals surface area (Å²) in [6.45, 7) is 4.99. The van der Waals surface area contributed by atoms with Crippen molar-refractivity contribution in [2.75, 3.05) is 32.4 Å². The van der Waals surface area contributed by atoms with Gasteiger partial charge in [0.05, 0.1) is 12.3 Å². The maximum Gasteiger partial charge on any atom is 0.213 e. The highest BCUT2D eigenvalue weighted by Gasteiger charge is 2.27. The largest absolute Gasteiger partial charge is 0.486 e. The normalized spacial score (nSPS) is 18.1. The Kier molecular flexibility index (Phi) is 7.85. The first-order chi connectivity index (χ1) is 12.9. The zero-order valence-corrected chi connectivity index (χ0v) is 16.9. The van der Waals surface area contributed by atoms with Crippen LogP contribution in [0.2, 0.25) is 0 Å². The maximum absolute atomic E-state index is 13.6. The van der Waals surface area contributed by atoms with Crippen LogP contribution in [0.25, 0.3) is 0 Å². The van der Waals surface area contributed by atoms with E-state index in [1.54, 1.807) is 36.5 Å². The molecule has 1 aliphatic rings. The van der Waals surface area contributed by atoms with Gasteiger partial charge in [-0.05, 0) is 38.8 Å². The number of nitrogens with one attached hydrogen (secondary N) is 2. The number of sulfonamides is 1. The number of rotatable bonds is 7. The molecule has 1 aliphatic heterocycles. The van der Waals surface area contributed by atoms with Crippen molar-refractivity contribution in [2.24, 2.45) is 4.99 Å². The predicted octanol–water partition coefficient (Wildman–Crippen LogP) is 1.57. The lowest BCUT2D eigenvalue weighted by atomic mass is 10.1. The van der Waals surface area contributed by atoms with E-state index in [9.17, 15) is 12.8 Å². The van der Waals surface area contributed by atoms with Crippen molar-refractivity contribution in [1.82, 2.24) is 14.9 Å². The second kappa shape index (κ2) is 9.89. The van der Waals surface area contributed by atoms with Crippen LogP contribution < -0.4 is 15.4 Å². The average Bonchev–Trinajstić information content (AvgIpc) is 2.67. The Morgan fingerprint density at radius 2 is 2.04 bits per heavy atom. The number of hydrogen-bond donors (Lipinski definition) is 2. The molecule has 0 spiro atoms. The Hall–Kier alpha value is -1.87. The molecule has 0 aromatic heterocycles. The van der Waals surface area contributed by atoms with Gasteiger partial charge in [-0.3, -0.25) is 4.99 Å². The van der Waals surface area contributed by atoms with E-state index in [0.29, 0.717) is 25.6 Å². The van der Waals surface area contributed by atoms with Crippen LogP contribution in [0, 0.1) is 5.82 Å². The lowest BCUT2D eigenvalue weighted by molar-refractivity contribution is 0.213. The van der Waals surface area contributed by atoms with Gasteiger partial charge >= 0.3 is 0 Å². The quantitative estimate of drug-likeness (QED) is 0.536. The molecule has 1 atom stereocenters. The van der Waals surface area contributed by atoms with Crippen LogP contribution in [0.3, 0.4) is 0 Å². The third-order valence-corrected chi connectivity index (χ3v) is 6.38. The van der Waals surface area contributed by atoms with Gasteiger partial charge in [-0.1, -0.05) is 12.1 Å². The lowest BCUT2D eigenvalue weighted by Crippen LogP contribution is -2.51. The van der Waals surface area contributed by atoms with Crippen molar-refractivity contribution in [1.29, 1.82) is 0 Å². The van der Waals surface area contributed by atoms with Crippen molar-refractivity contribution in [3.8, 4) is 5.75 Å². The van der Waals surface area contributed by atoms with Gasteiger partial charge in [0.1, 0.15) is 6.10 Å². The number of guanidine groups is 1. The standard InChI is InChI=1S/C18H29FN4O3S/c1-4-27(24,25)23-11-9-15(10-12-23)22-18(20-3)21-13-14(2)26-17-8-6-5-7-16(17)19/h5-8,14-15H,4,9-13H2,1-3H3,(H2,20,21,22). The van der Waals surface area contributed by atoms with E-state index in [-0.39, 0.29) is 29.5 Å². The lowest BCUT2D eigenvalue weighted by Gasteiger charge is -2.32. The van der Waals surface area contributed by atoms with Gasteiger partial charge in [-0.25, -0.2) is 17.1 Å². The Morgan fingerprint density at radius 3 is 2.63 bits per heavy atom. The highest BCUT2D eigenvalue weighted by Crippen LogP contribution is 2.17. The van der Waals surface area contributed by atoms with Crippen LogP contribution in [0.5, 0.6) is 5.75 Å². The fourth-order valence-corrected chi connectivity index (χ4v) is 4.02. The molecule has 2 N–H and O–H groups in total. The number of benzene rings is 1. The molecule has 0 aliphatic carbocycles. The Balaban J connectivity index is 1.77. The molecule has 0 radical (unpaired) electrons. The van der Waals surface area contributed by atoms with Crippen molar-refractivity contribution < 1.29 is 17.5 Å². The van der Waals surface area contributed by atoms with Crippen LogP contribution >= 0.6 is 0 Å². The zero-order valence-electron chi connectivity index (χ0n) is 16.1. The van der Waals surface area contributed by atoms with Gasteiger partial charge in [0.2, 0.25) is 10.0 Å². The van der Waals surface area contributed by atoms with Crippen molar-refractivity contribution in [2.45, 2.75) is 38.8 Å². The first kappa shape index (κ1) is 21.4. The summed E-state index contributed by atoms with van der Waals surface area (Å²) in [6, 6.07) is 6.46. The molecule has 1 aromatic rings. The molecule has 0 saturated carbocycles. The summed E-state index contributed by atoms with van der Waals surface area (Å²) in [5, 5.41) is 6.48. The SMILES string of the molecule is CCS(=O)(=O)N1CCC(NC(=NC)NCC(C)Oc2ccccc2F)CC1. The Labute approximate surface area is 161 Å². The number of ether oxygens (including phenoxy) is 1. The van der Waals surface area contributed by atoms with Crippen LogP contribution in [0.15, 0.2) is 29.3 Å². The first-order valence-electron chi connectivity index (χ1n) is 9.22. The summed E-state index contributed by atoms with van der Waals surface area (Å²) in [5.41, 5.74) is 0. The average molecular weight is 401 g/mol. The highest BCUT2D eigenvalue weighted by atomic mass is 32.2. The zero-order chi connectivity index (χ0) is 19.9. The molecule has 1 fully saturated rings. The smallest absolute Gasteiger partial charge is 0.213 e. The molecule has 1 saturated heterocycles. The second-order valence-corrected chi connectivity index (χ2v) is 8.79. The van der Waals surface area contributed by atoms with Gasteiger partial charge in [0.25, 0.3) is 0 Å². The van der Waals surface area contributed by atoms with Crippen molar-refractivity contribution in [3.63, 3.8) is 0 Å². The number of halogens is 1. The fourth-order valence-electron chi connectivity index (χ4n) is 2.89. The molecule has 7 nitrogen and oxygen atoms in total. The number of para-hydroxylation sites is 1. The third kappa shape index (κ3) is 6.35. The molecule has 0 bridgehead atoms. The monoisotopic (exact) mass is 400 g/mol.